The summed E-state index contributed by atoms with van der Waals surface area (Å²) in [6.45, 7) is -0.617. The number of benzene rings is 2. The van der Waals surface area contributed by atoms with E-state index in [-0.39, 0.29) is 16.0 Å². The number of hydrogen-bond acceptors (Lipinski definition) is 7. The number of fused-ring (bicyclic) bond motifs is 1. The first-order valence-corrected chi connectivity index (χ1v) is 10.1. The van der Waals surface area contributed by atoms with Gasteiger partial charge in [0, 0.05) is 25.1 Å². The van der Waals surface area contributed by atoms with Gasteiger partial charge in [0.2, 0.25) is 5.91 Å². The summed E-state index contributed by atoms with van der Waals surface area (Å²) in [5.41, 5.74) is -0.613. The van der Waals surface area contributed by atoms with Gasteiger partial charge >= 0.3 is 0 Å². The third kappa shape index (κ3) is 3.59. The Kier molecular flexibility index (Phi) is 4.93. The predicted octanol–water partition coefficient (Wildman–Crippen LogP) is 1.26. The van der Waals surface area contributed by atoms with Crippen LogP contribution in [0.1, 0.15) is 20.7 Å². The lowest BCUT2D eigenvalue weighted by Crippen LogP contribution is -2.41. The first-order chi connectivity index (χ1) is 13.5. The summed E-state index contributed by atoms with van der Waals surface area (Å²) in [7, 11) is -2.00. The Morgan fingerprint density at radius 3 is 2.28 bits per heavy atom. The maximum atomic E-state index is 12.6. The molecule has 0 spiro atoms. The molecule has 0 radical (unpaired) electrons. The molecular weight excluding hydrogens is 402 g/mol. The van der Waals surface area contributed by atoms with E-state index in [4.69, 9.17) is 0 Å². The topological polar surface area (TPSA) is 135 Å². The monoisotopic (exact) mass is 417 g/mol. The Hall–Kier alpha value is -3.60. The lowest BCUT2D eigenvalue weighted by Gasteiger charge is -2.21. The van der Waals surface area contributed by atoms with Gasteiger partial charge in [-0.15, -0.1) is 0 Å². The second-order valence-corrected chi connectivity index (χ2v) is 8.39. The molecule has 29 heavy (non-hydrogen) atoms. The van der Waals surface area contributed by atoms with Crippen molar-refractivity contribution in [3.05, 3.63) is 63.7 Å². The molecule has 0 fully saturated rings. The molecule has 0 unspecified atom stereocenters. The van der Waals surface area contributed by atoms with Crippen LogP contribution < -0.4 is 4.90 Å². The van der Waals surface area contributed by atoms with Crippen molar-refractivity contribution < 1.29 is 27.7 Å². The van der Waals surface area contributed by atoms with Gasteiger partial charge in [-0.25, -0.2) is 8.42 Å². The van der Waals surface area contributed by atoms with Crippen LogP contribution in [0, 0.1) is 10.1 Å². The lowest BCUT2D eigenvalue weighted by molar-refractivity contribution is -0.385. The molecule has 0 atom stereocenters. The smallest absolute Gasteiger partial charge is 0.282 e. The first kappa shape index (κ1) is 20.1. The van der Waals surface area contributed by atoms with Crippen LogP contribution in [0.2, 0.25) is 0 Å². The maximum Gasteiger partial charge on any atom is 0.282 e. The lowest BCUT2D eigenvalue weighted by atomic mass is 10.1. The molecule has 0 saturated heterocycles. The molecule has 2 aromatic rings. The minimum atomic E-state index is -3.40. The summed E-state index contributed by atoms with van der Waals surface area (Å²) in [5.74, 6) is -2.33. The fourth-order valence-electron chi connectivity index (χ4n) is 2.91. The fourth-order valence-corrected chi connectivity index (χ4v) is 3.54. The van der Waals surface area contributed by atoms with E-state index in [9.17, 15) is 32.9 Å². The van der Waals surface area contributed by atoms with Gasteiger partial charge in [0.15, 0.2) is 9.84 Å². The van der Waals surface area contributed by atoms with Crippen molar-refractivity contribution in [1.82, 2.24) is 4.90 Å². The van der Waals surface area contributed by atoms with E-state index in [0.717, 1.165) is 17.2 Å². The zero-order valence-corrected chi connectivity index (χ0v) is 16.2. The molecule has 11 heteroatoms. The van der Waals surface area contributed by atoms with Crippen LogP contribution >= 0.6 is 0 Å². The fraction of sp³-hybridized carbons (Fsp3) is 0.167. The molecule has 2 aromatic carbocycles. The zero-order chi connectivity index (χ0) is 21.5. The van der Waals surface area contributed by atoms with Crippen molar-refractivity contribution >= 4 is 38.9 Å². The van der Waals surface area contributed by atoms with E-state index in [1.165, 1.54) is 43.4 Å². The molecule has 0 aliphatic carbocycles. The van der Waals surface area contributed by atoms with Gasteiger partial charge in [-0.2, -0.15) is 0 Å². The highest BCUT2D eigenvalue weighted by Crippen LogP contribution is 2.30. The van der Waals surface area contributed by atoms with Crippen molar-refractivity contribution in [1.29, 1.82) is 0 Å². The average molecular weight is 417 g/mol. The van der Waals surface area contributed by atoms with E-state index in [1.807, 2.05) is 0 Å². The Morgan fingerprint density at radius 1 is 1.10 bits per heavy atom. The zero-order valence-electron chi connectivity index (χ0n) is 15.4. The Bertz CT molecular complexity index is 1160. The van der Waals surface area contributed by atoms with Crippen molar-refractivity contribution in [3.63, 3.8) is 0 Å². The largest absolute Gasteiger partial charge is 0.314 e. The number of anilines is 1. The van der Waals surface area contributed by atoms with Crippen molar-refractivity contribution in [3.8, 4) is 0 Å². The third-order valence-corrected chi connectivity index (χ3v) is 5.62. The molecule has 0 bridgehead atoms. The quantitative estimate of drug-likeness (QED) is 0.406. The molecule has 10 nitrogen and oxygen atoms in total. The molecule has 0 aromatic heterocycles. The molecule has 3 amide bonds. The molecule has 0 N–H and O–H groups in total. The number of carbonyl (C=O) groups is 3. The van der Waals surface area contributed by atoms with E-state index in [0.29, 0.717) is 10.6 Å². The third-order valence-electron chi connectivity index (χ3n) is 4.49. The van der Waals surface area contributed by atoms with Crippen LogP contribution in [0.3, 0.4) is 0 Å². The van der Waals surface area contributed by atoms with E-state index >= 15 is 0 Å². The molecular formula is C18H15N3O7S. The number of rotatable bonds is 5. The number of nitrogens with zero attached hydrogens (tertiary/aromatic N) is 3. The van der Waals surface area contributed by atoms with E-state index in [1.54, 1.807) is 0 Å². The number of likely N-dealkylation sites (N-methyl/N-ethyl adjacent to an activating group) is 1. The van der Waals surface area contributed by atoms with Gasteiger partial charge < -0.3 is 4.90 Å². The summed E-state index contributed by atoms with van der Waals surface area (Å²) < 4.78 is 23.0. The second kappa shape index (κ2) is 7.09. The van der Waals surface area contributed by atoms with E-state index in [2.05, 4.69) is 0 Å². The number of nitro groups is 1. The molecule has 1 aliphatic rings. The summed E-state index contributed by atoms with van der Waals surface area (Å²) in [6.07, 6.45) is 1.05. The van der Waals surface area contributed by atoms with Gasteiger partial charge in [-0.05, 0) is 30.3 Å². The SMILES string of the molecule is CN(C(=O)CN1C(=O)c2cccc([N+](=O)[O-])c2C1=O)c1ccc(S(C)(=O)=O)cc1. The highest BCUT2D eigenvalue weighted by atomic mass is 32.2. The predicted molar refractivity (Wildman–Crippen MR) is 101 cm³/mol. The normalized spacial score (nSPS) is 13.4. The maximum absolute atomic E-state index is 12.6. The summed E-state index contributed by atoms with van der Waals surface area (Å²) in [5, 5.41) is 11.1. The van der Waals surface area contributed by atoms with Crippen molar-refractivity contribution in [2.75, 3.05) is 24.7 Å². The van der Waals surface area contributed by atoms with Crippen LogP contribution in [0.4, 0.5) is 11.4 Å². The average Bonchev–Trinajstić information content (AvgIpc) is 2.91. The number of hydrogen-bond donors (Lipinski definition) is 0. The van der Waals surface area contributed by atoms with Gasteiger partial charge in [0.25, 0.3) is 17.5 Å². The summed E-state index contributed by atoms with van der Waals surface area (Å²) in [4.78, 5) is 49.9. The highest BCUT2D eigenvalue weighted by Gasteiger charge is 2.42. The van der Waals surface area contributed by atoms with E-state index < -0.39 is 44.7 Å². The molecule has 1 heterocycles. The molecule has 1 aliphatic heterocycles. The standard InChI is InChI=1S/C18H15N3O7S/c1-19(11-6-8-12(9-7-11)29(2,27)28)15(22)10-20-17(23)13-4-3-5-14(21(25)26)16(13)18(20)24/h3-9H,10H2,1-2H3. The Balaban J connectivity index is 1.82. The Labute approximate surface area is 165 Å². The number of carbonyl (C=O) groups excluding carboxylic acids is 3. The van der Waals surface area contributed by atoms with Crippen molar-refractivity contribution in [2.24, 2.45) is 0 Å². The van der Waals surface area contributed by atoms with Crippen LogP contribution in [0.5, 0.6) is 0 Å². The van der Waals surface area contributed by atoms with Crippen LogP contribution in [0.25, 0.3) is 0 Å². The van der Waals surface area contributed by atoms with Crippen molar-refractivity contribution in [2.45, 2.75) is 4.90 Å². The summed E-state index contributed by atoms with van der Waals surface area (Å²) in [6, 6.07) is 9.21. The number of sulfone groups is 1. The Morgan fingerprint density at radius 2 is 1.72 bits per heavy atom. The number of nitro benzene ring substituents is 1. The first-order valence-electron chi connectivity index (χ1n) is 8.22. The van der Waals surface area contributed by atoms with Crippen LogP contribution in [-0.2, 0) is 14.6 Å². The molecule has 150 valence electrons. The highest BCUT2D eigenvalue weighted by molar-refractivity contribution is 7.90. The van der Waals surface area contributed by atoms with Gasteiger partial charge in [0.05, 0.1) is 15.4 Å². The second-order valence-electron chi connectivity index (χ2n) is 6.37. The van der Waals surface area contributed by atoms with Gasteiger partial charge in [0.1, 0.15) is 12.1 Å². The number of imide groups is 1. The van der Waals surface area contributed by atoms with Crippen LogP contribution in [-0.4, -0.2) is 55.8 Å². The summed E-state index contributed by atoms with van der Waals surface area (Å²) >= 11 is 0. The molecule has 0 saturated carbocycles. The minimum absolute atomic E-state index is 0.0785. The minimum Gasteiger partial charge on any atom is -0.314 e. The number of amides is 3. The van der Waals surface area contributed by atoms with Crippen LogP contribution in [0.15, 0.2) is 47.4 Å². The molecule has 3 rings (SSSR count). The van der Waals surface area contributed by atoms with Gasteiger partial charge in [-0.3, -0.25) is 29.4 Å². The van der Waals surface area contributed by atoms with Gasteiger partial charge in [-0.1, -0.05) is 6.07 Å².